The molecule has 1 rings (SSSR count). The van der Waals surface area contributed by atoms with E-state index >= 15 is 0 Å². The number of aromatic nitrogens is 2. The van der Waals surface area contributed by atoms with Crippen molar-refractivity contribution in [2.45, 2.75) is 39.7 Å². The van der Waals surface area contributed by atoms with Gasteiger partial charge >= 0.3 is 5.69 Å². The lowest BCUT2D eigenvalue weighted by molar-refractivity contribution is 0.436. The van der Waals surface area contributed by atoms with Crippen molar-refractivity contribution >= 4 is 15.9 Å². The summed E-state index contributed by atoms with van der Waals surface area (Å²) in [5, 5.41) is 0. The molecule has 84 valence electrons. The van der Waals surface area contributed by atoms with Gasteiger partial charge in [0.1, 0.15) is 4.47 Å². The van der Waals surface area contributed by atoms with Crippen molar-refractivity contribution in [2.75, 3.05) is 0 Å². The topological polar surface area (TPSA) is 54.9 Å². The maximum atomic E-state index is 11.9. The molecule has 0 saturated carbocycles. The smallest absolute Gasteiger partial charge is 0.310 e. The lowest BCUT2D eigenvalue weighted by Crippen LogP contribution is -2.38. The van der Waals surface area contributed by atoms with Gasteiger partial charge in [0.25, 0.3) is 5.56 Å². The van der Waals surface area contributed by atoms with E-state index in [4.69, 9.17) is 0 Å². The Balaban J connectivity index is 3.49. The largest absolute Gasteiger partial charge is 0.328 e. The van der Waals surface area contributed by atoms with Crippen LogP contribution in [0.15, 0.2) is 14.1 Å². The molecular formula is C10H15BrN2O2. The average molecular weight is 275 g/mol. The fourth-order valence-electron chi connectivity index (χ4n) is 1.62. The predicted molar refractivity (Wildman–Crippen MR) is 63.4 cm³/mol. The van der Waals surface area contributed by atoms with Gasteiger partial charge in [0.2, 0.25) is 0 Å². The molecule has 15 heavy (non-hydrogen) atoms. The number of aryl methyl sites for hydroxylation is 1. The van der Waals surface area contributed by atoms with Gasteiger partial charge in [-0.1, -0.05) is 13.8 Å². The van der Waals surface area contributed by atoms with Gasteiger partial charge in [-0.2, -0.15) is 0 Å². The zero-order valence-corrected chi connectivity index (χ0v) is 10.7. The molecule has 5 heteroatoms. The molecule has 0 bridgehead atoms. The van der Waals surface area contributed by atoms with Crippen LogP contribution in [0.3, 0.4) is 0 Å². The predicted octanol–water partition coefficient (Wildman–Crippen LogP) is 1.97. The lowest BCUT2D eigenvalue weighted by Gasteiger charge is -2.15. The van der Waals surface area contributed by atoms with Gasteiger partial charge < -0.3 is 4.98 Å². The molecule has 1 N–H and O–H groups in total. The molecule has 0 fully saturated rings. The van der Waals surface area contributed by atoms with Crippen LogP contribution in [0.2, 0.25) is 0 Å². The Bertz CT molecular complexity index is 457. The summed E-state index contributed by atoms with van der Waals surface area (Å²) in [4.78, 5) is 26.2. The maximum absolute atomic E-state index is 11.9. The summed E-state index contributed by atoms with van der Waals surface area (Å²) in [6, 6.07) is -0.0295. The van der Waals surface area contributed by atoms with Gasteiger partial charge in [-0.25, -0.2) is 4.79 Å². The van der Waals surface area contributed by atoms with E-state index in [-0.39, 0.29) is 17.3 Å². The first kappa shape index (κ1) is 12.2. The van der Waals surface area contributed by atoms with Gasteiger partial charge in [-0.15, -0.1) is 0 Å². The van der Waals surface area contributed by atoms with Crippen LogP contribution in [0.25, 0.3) is 0 Å². The average Bonchev–Trinajstić information content (AvgIpc) is 2.21. The molecule has 0 radical (unpaired) electrons. The molecule has 0 aliphatic rings. The highest BCUT2D eigenvalue weighted by Crippen LogP contribution is 2.12. The molecule has 1 heterocycles. The monoisotopic (exact) mass is 274 g/mol. The normalized spacial score (nSPS) is 11.0. The summed E-state index contributed by atoms with van der Waals surface area (Å²) in [5.41, 5.74) is 0.00607. The molecule has 0 amide bonds. The summed E-state index contributed by atoms with van der Waals surface area (Å²) >= 11 is 3.19. The molecule has 0 aromatic carbocycles. The highest BCUT2D eigenvalue weighted by atomic mass is 79.9. The van der Waals surface area contributed by atoms with Gasteiger partial charge in [0.15, 0.2) is 0 Å². The second-order valence-electron chi connectivity index (χ2n) is 3.51. The standard InChI is InChI=1S/C10H15BrN2O2/c1-4-7(5-2)13-9(14)8(11)6(3)12-10(13)15/h7H,4-5H2,1-3H3,(H,12,15). The molecule has 4 nitrogen and oxygen atoms in total. The Hall–Kier alpha value is -0.840. The van der Waals surface area contributed by atoms with Crippen molar-refractivity contribution in [1.82, 2.24) is 9.55 Å². The maximum Gasteiger partial charge on any atom is 0.328 e. The molecule has 1 aromatic heterocycles. The third-order valence-corrected chi connectivity index (χ3v) is 3.49. The van der Waals surface area contributed by atoms with Crippen LogP contribution in [0.1, 0.15) is 38.4 Å². The van der Waals surface area contributed by atoms with E-state index in [9.17, 15) is 9.59 Å². The van der Waals surface area contributed by atoms with E-state index in [1.165, 1.54) is 4.57 Å². The van der Waals surface area contributed by atoms with Crippen LogP contribution >= 0.6 is 15.9 Å². The SMILES string of the molecule is CCC(CC)n1c(=O)[nH]c(C)c(Br)c1=O. The molecule has 0 spiro atoms. The second-order valence-corrected chi connectivity index (χ2v) is 4.31. The Morgan fingerprint density at radius 2 is 1.87 bits per heavy atom. The van der Waals surface area contributed by atoms with Gasteiger partial charge in [0.05, 0.1) is 0 Å². The van der Waals surface area contributed by atoms with Gasteiger partial charge in [-0.3, -0.25) is 9.36 Å². The van der Waals surface area contributed by atoms with Crippen molar-refractivity contribution in [1.29, 1.82) is 0 Å². The van der Waals surface area contributed by atoms with E-state index in [1.807, 2.05) is 13.8 Å². The molecular weight excluding hydrogens is 260 g/mol. The quantitative estimate of drug-likeness (QED) is 0.916. The number of rotatable bonds is 3. The number of halogens is 1. The lowest BCUT2D eigenvalue weighted by atomic mass is 10.2. The van der Waals surface area contributed by atoms with Crippen molar-refractivity contribution in [2.24, 2.45) is 0 Å². The van der Waals surface area contributed by atoms with E-state index in [2.05, 4.69) is 20.9 Å². The Morgan fingerprint density at radius 3 is 2.33 bits per heavy atom. The van der Waals surface area contributed by atoms with Gasteiger partial charge in [0, 0.05) is 11.7 Å². The number of nitrogens with one attached hydrogen (secondary N) is 1. The first-order chi connectivity index (χ1) is 7.02. The molecule has 1 aromatic rings. The summed E-state index contributed by atoms with van der Waals surface area (Å²) < 4.78 is 1.73. The van der Waals surface area contributed by atoms with E-state index in [1.54, 1.807) is 6.92 Å². The summed E-state index contributed by atoms with van der Waals surface area (Å²) in [6.07, 6.45) is 1.55. The van der Waals surface area contributed by atoms with Crippen LogP contribution in [-0.2, 0) is 0 Å². The molecule has 0 saturated heterocycles. The third-order valence-electron chi connectivity index (χ3n) is 2.56. The van der Waals surface area contributed by atoms with E-state index in [0.29, 0.717) is 10.2 Å². The Labute approximate surface area is 96.5 Å². The van der Waals surface area contributed by atoms with Crippen LogP contribution in [-0.4, -0.2) is 9.55 Å². The number of hydrogen-bond acceptors (Lipinski definition) is 2. The highest BCUT2D eigenvalue weighted by molar-refractivity contribution is 9.10. The number of nitrogens with zero attached hydrogens (tertiary/aromatic N) is 1. The minimum atomic E-state index is -0.325. The second kappa shape index (κ2) is 4.79. The highest BCUT2D eigenvalue weighted by Gasteiger charge is 2.14. The van der Waals surface area contributed by atoms with Crippen LogP contribution in [0, 0.1) is 6.92 Å². The summed E-state index contributed by atoms with van der Waals surface area (Å²) in [6.45, 7) is 5.63. The zero-order valence-electron chi connectivity index (χ0n) is 9.13. The van der Waals surface area contributed by atoms with E-state index < -0.39 is 0 Å². The minimum absolute atomic E-state index is 0.0295. The molecule has 0 aliphatic heterocycles. The van der Waals surface area contributed by atoms with Crippen molar-refractivity contribution in [3.63, 3.8) is 0 Å². The molecule has 0 aliphatic carbocycles. The first-order valence-corrected chi connectivity index (χ1v) is 5.83. The fourth-order valence-corrected chi connectivity index (χ4v) is 1.91. The van der Waals surface area contributed by atoms with E-state index in [0.717, 1.165) is 12.8 Å². The Morgan fingerprint density at radius 1 is 1.33 bits per heavy atom. The van der Waals surface area contributed by atoms with Crippen LogP contribution < -0.4 is 11.2 Å². The van der Waals surface area contributed by atoms with Crippen LogP contribution in [0.4, 0.5) is 0 Å². The van der Waals surface area contributed by atoms with Crippen molar-refractivity contribution in [3.8, 4) is 0 Å². The number of H-pyrrole nitrogens is 1. The van der Waals surface area contributed by atoms with Crippen molar-refractivity contribution < 1.29 is 0 Å². The van der Waals surface area contributed by atoms with Crippen LogP contribution in [0.5, 0.6) is 0 Å². The number of hydrogen-bond donors (Lipinski definition) is 1. The number of aromatic amines is 1. The Kier molecular flexibility index (Phi) is 3.90. The van der Waals surface area contributed by atoms with Crippen molar-refractivity contribution in [3.05, 3.63) is 31.0 Å². The molecule has 0 atom stereocenters. The third kappa shape index (κ3) is 2.22. The zero-order chi connectivity index (χ0) is 11.6. The summed E-state index contributed by atoms with van der Waals surface area (Å²) in [5.74, 6) is 0. The van der Waals surface area contributed by atoms with Gasteiger partial charge in [-0.05, 0) is 35.7 Å². The summed E-state index contributed by atoms with van der Waals surface area (Å²) in [7, 11) is 0. The fraction of sp³-hybridized carbons (Fsp3) is 0.600. The first-order valence-electron chi connectivity index (χ1n) is 5.03. The minimum Gasteiger partial charge on any atom is -0.310 e. The molecule has 0 unspecified atom stereocenters.